The van der Waals surface area contributed by atoms with Gasteiger partial charge in [-0.25, -0.2) is 4.39 Å². The van der Waals surface area contributed by atoms with E-state index in [9.17, 15) is 9.18 Å². The number of nitrogen functional groups attached to an aromatic ring is 1. The molecule has 1 aromatic carbocycles. The van der Waals surface area contributed by atoms with Crippen LogP contribution in [0.5, 0.6) is 0 Å². The summed E-state index contributed by atoms with van der Waals surface area (Å²) >= 11 is 0. The Bertz CT molecular complexity index is 417. The Hall–Kier alpha value is -1.62. The minimum atomic E-state index is -0.565. The first-order valence-corrected chi connectivity index (χ1v) is 5.60. The molecule has 17 heavy (non-hydrogen) atoms. The van der Waals surface area contributed by atoms with E-state index >= 15 is 0 Å². The lowest BCUT2D eigenvalue weighted by molar-refractivity contribution is 0.0696. The maximum atomic E-state index is 13.2. The summed E-state index contributed by atoms with van der Waals surface area (Å²) in [4.78, 5) is 11.8. The van der Waals surface area contributed by atoms with Gasteiger partial charge in [0.05, 0.1) is 5.69 Å². The number of nitrogens with one attached hydrogen (secondary N) is 1. The number of rotatable bonds is 2. The number of hydrogen-bond acceptors (Lipinski definition) is 3. The molecule has 1 aliphatic rings. The maximum Gasteiger partial charge on any atom is 0.251 e. The molecule has 0 bridgehead atoms. The first-order valence-electron chi connectivity index (χ1n) is 5.60. The SMILES string of the molecule is Nc1ccc(C(=O)NC2CCOCC2)cc1F. The van der Waals surface area contributed by atoms with Crippen LogP contribution in [-0.4, -0.2) is 25.2 Å². The first-order chi connectivity index (χ1) is 8.16. The van der Waals surface area contributed by atoms with E-state index in [1.807, 2.05) is 0 Å². The lowest BCUT2D eigenvalue weighted by atomic mass is 10.1. The zero-order chi connectivity index (χ0) is 12.3. The van der Waals surface area contributed by atoms with Crippen LogP contribution < -0.4 is 11.1 Å². The van der Waals surface area contributed by atoms with Gasteiger partial charge in [0, 0.05) is 24.8 Å². The largest absolute Gasteiger partial charge is 0.396 e. The Morgan fingerprint density at radius 2 is 2.12 bits per heavy atom. The fourth-order valence-electron chi connectivity index (χ4n) is 1.78. The van der Waals surface area contributed by atoms with Crippen molar-refractivity contribution in [2.75, 3.05) is 18.9 Å². The zero-order valence-electron chi connectivity index (χ0n) is 9.41. The topological polar surface area (TPSA) is 64.4 Å². The Morgan fingerprint density at radius 3 is 2.76 bits per heavy atom. The molecule has 92 valence electrons. The molecule has 1 aromatic rings. The maximum absolute atomic E-state index is 13.2. The molecule has 0 saturated carbocycles. The van der Waals surface area contributed by atoms with Gasteiger partial charge in [-0.3, -0.25) is 4.79 Å². The van der Waals surface area contributed by atoms with Crippen molar-refractivity contribution in [3.63, 3.8) is 0 Å². The van der Waals surface area contributed by atoms with Crippen LogP contribution in [0.25, 0.3) is 0 Å². The molecule has 0 aliphatic carbocycles. The van der Waals surface area contributed by atoms with E-state index in [0.29, 0.717) is 18.8 Å². The summed E-state index contributed by atoms with van der Waals surface area (Å²) < 4.78 is 18.4. The second-order valence-corrected chi connectivity index (χ2v) is 4.10. The summed E-state index contributed by atoms with van der Waals surface area (Å²) in [7, 11) is 0. The van der Waals surface area contributed by atoms with E-state index in [2.05, 4.69) is 5.32 Å². The fraction of sp³-hybridized carbons (Fsp3) is 0.417. The summed E-state index contributed by atoms with van der Waals surface area (Å²) in [5.41, 5.74) is 5.69. The number of carbonyl (C=O) groups excluding carboxylic acids is 1. The molecule has 0 atom stereocenters. The van der Waals surface area contributed by atoms with Crippen LogP contribution >= 0.6 is 0 Å². The van der Waals surface area contributed by atoms with E-state index in [0.717, 1.165) is 18.9 Å². The van der Waals surface area contributed by atoms with Crippen LogP contribution in [0.2, 0.25) is 0 Å². The Balaban J connectivity index is 2.01. The monoisotopic (exact) mass is 238 g/mol. The Kier molecular flexibility index (Phi) is 3.58. The lowest BCUT2D eigenvalue weighted by Crippen LogP contribution is -2.38. The van der Waals surface area contributed by atoms with Crippen molar-refractivity contribution in [2.24, 2.45) is 0 Å². The molecule has 1 amide bonds. The molecule has 0 unspecified atom stereocenters. The minimum absolute atomic E-state index is 0.0487. The van der Waals surface area contributed by atoms with Crippen LogP contribution in [0, 0.1) is 5.82 Å². The van der Waals surface area contributed by atoms with Gasteiger partial charge in [-0.15, -0.1) is 0 Å². The molecule has 3 N–H and O–H groups in total. The van der Waals surface area contributed by atoms with Crippen LogP contribution in [0.4, 0.5) is 10.1 Å². The van der Waals surface area contributed by atoms with Gasteiger partial charge < -0.3 is 15.8 Å². The summed E-state index contributed by atoms with van der Waals surface area (Å²) in [6, 6.07) is 4.18. The predicted octanol–water partition coefficient (Wildman–Crippen LogP) is 1.32. The molecule has 2 rings (SSSR count). The number of anilines is 1. The standard InChI is InChI=1S/C12H15FN2O2/c13-10-7-8(1-2-11(10)14)12(16)15-9-3-5-17-6-4-9/h1-2,7,9H,3-6,14H2,(H,15,16). The highest BCUT2D eigenvalue weighted by Gasteiger charge is 2.17. The molecule has 0 spiro atoms. The highest BCUT2D eigenvalue weighted by atomic mass is 19.1. The summed E-state index contributed by atoms with van der Waals surface area (Å²) in [6.07, 6.45) is 1.59. The second kappa shape index (κ2) is 5.14. The summed E-state index contributed by atoms with van der Waals surface area (Å²) in [5, 5.41) is 2.86. The highest BCUT2D eigenvalue weighted by Crippen LogP contribution is 2.13. The van der Waals surface area contributed by atoms with E-state index < -0.39 is 5.82 Å². The fourth-order valence-corrected chi connectivity index (χ4v) is 1.78. The van der Waals surface area contributed by atoms with Gasteiger partial charge >= 0.3 is 0 Å². The average Bonchev–Trinajstić information content (AvgIpc) is 2.34. The van der Waals surface area contributed by atoms with E-state index in [1.165, 1.54) is 12.1 Å². The van der Waals surface area contributed by atoms with Gasteiger partial charge in [-0.05, 0) is 31.0 Å². The van der Waals surface area contributed by atoms with Gasteiger partial charge in [-0.2, -0.15) is 0 Å². The van der Waals surface area contributed by atoms with Gasteiger partial charge in [0.25, 0.3) is 5.91 Å². The smallest absolute Gasteiger partial charge is 0.251 e. The van der Waals surface area contributed by atoms with Crippen molar-refractivity contribution >= 4 is 11.6 Å². The number of hydrogen-bond donors (Lipinski definition) is 2. The third-order valence-electron chi connectivity index (χ3n) is 2.82. The van der Waals surface area contributed by atoms with Crippen molar-refractivity contribution in [3.8, 4) is 0 Å². The van der Waals surface area contributed by atoms with E-state index in [4.69, 9.17) is 10.5 Å². The molecule has 1 fully saturated rings. The third-order valence-corrected chi connectivity index (χ3v) is 2.82. The van der Waals surface area contributed by atoms with E-state index in [-0.39, 0.29) is 17.6 Å². The number of amides is 1. The van der Waals surface area contributed by atoms with Gasteiger partial charge in [0.15, 0.2) is 0 Å². The van der Waals surface area contributed by atoms with Gasteiger partial charge in [0.2, 0.25) is 0 Å². The van der Waals surface area contributed by atoms with Gasteiger partial charge in [-0.1, -0.05) is 0 Å². The quantitative estimate of drug-likeness (QED) is 0.764. The zero-order valence-corrected chi connectivity index (χ0v) is 9.41. The third kappa shape index (κ3) is 2.94. The van der Waals surface area contributed by atoms with Crippen molar-refractivity contribution in [1.82, 2.24) is 5.32 Å². The van der Waals surface area contributed by atoms with E-state index in [1.54, 1.807) is 0 Å². The number of nitrogens with two attached hydrogens (primary N) is 1. The van der Waals surface area contributed by atoms with Crippen LogP contribution in [-0.2, 0) is 4.74 Å². The molecular formula is C12H15FN2O2. The molecule has 1 saturated heterocycles. The molecular weight excluding hydrogens is 223 g/mol. The highest BCUT2D eigenvalue weighted by molar-refractivity contribution is 5.94. The summed E-state index contributed by atoms with van der Waals surface area (Å²) in [6.45, 7) is 1.31. The number of benzene rings is 1. The number of halogens is 1. The Labute approximate surface area is 98.9 Å². The van der Waals surface area contributed by atoms with Crippen molar-refractivity contribution in [1.29, 1.82) is 0 Å². The summed E-state index contributed by atoms with van der Waals surface area (Å²) in [5.74, 6) is -0.833. The van der Waals surface area contributed by atoms with Crippen molar-refractivity contribution < 1.29 is 13.9 Å². The molecule has 1 heterocycles. The molecule has 5 heteroatoms. The molecule has 0 aromatic heterocycles. The molecule has 4 nitrogen and oxygen atoms in total. The van der Waals surface area contributed by atoms with Crippen molar-refractivity contribution in [3.05, 3.63) is 29.6 Å². The second-order valence-electron chi connectivity index (χ2n) is 4.10. The predicted molar refractivity (Wildman–Crippen MR) is 62.1 cm³/mol. The molecule has 0 radical (unpaired) electrons. The lowest BCUT2D eigenvalue weighted by Gasteiger charge is -2.23. The minimum Gasteiger partial charge on any atom is -0.396 e. The molecule has 1 aliphatic heterocycles. The normalized spacial score (nSPS) is 16.8. The number of carbonyl (C=O) groups is 1. The van der Waals surface area contributed by atoms with Crippen LogP contribution in [0.1, 0.15) is 23.2 Å². The first kappa shape index (κ1) is 11.9. The Morgan fingerprint density at radius 1 is 1.41 bits per heavy atom. The van der Waals surface area contributed by atoms with Gasteiger partial charge in [0.1, 0.15) is 5.82 Å². The number of ether oxygens (including phenoxy) is 1. The van der Waals surface area contributed by atoms with Crippen LogP contribution in [0.3, 0.4) is 0 Å². The van der Waals surface area contributed by atoms with Crippen molar-refractivity contribution in [2.45, 2.75) is 18.9 Å². The van der Waals surface area contributed by atoms with Crippen LogP contribution in [0.15, 0.2) is 18.2 Å². The average molecular weight is 238 g/mol.